The zero-order chi connectivity index (χ0) is 24.0. The van der Waals surface area contributed by atoms with Crippen molar-refractivity contribution in [1.29, 1.82) is 0 Å². The first kappa shape index (κ1) is 25.9. The van der Waals surface area contributed by atoms with Crippen LogP contribution in [-0.2, 0) is 9.59 Å². The monoisotopic (exact) mass is 499 g/mol. The highest BCUT2D eigenvalue weighted by atomic mass is 35.5. The molecule has 182 valence electrons. The lowest BCUT2D eigenvalue weighted by Gasteiger charge is -2.36. The summed E-state index contributed by atoms with van der Waals surface area (Å²) < 4.78 is 0. The van der Waals surface area contributed by atoms with Gasteiger partial charge in [0.25, 0.3) is 0 Å². The smallest absolute Gasteiger partial charge is 0.246 e. The van der Waals surface area contributed by atoms with Crippen LogP contribution in [0, 0.1) is 5.92 Å². The number of hydrogen-bond acceptors (Lipinski definition) is 6. The van der Waals surface area contributed by atoms with Crippen LogP contribution in [0.3, 0.4) is 0 Å². The second kappa shape index (κ2) is 12.1. The van der Waals surface area contributed by atoms with Crippen molar-refractivity contribution in [2.24, 2.45) is 5.92 Å². The van der Waals surface area contributed by atoms with E-state index in [1.807, 2.05) is 4.90 Å². The number of amides is 2. The van der Waals surface area contributed by atoms with Crippen molar-refractivity contribution < 1.29 is 24.9 Å². The van der Waals surface area contributed by atoms with Gasteiger partial charge in [0.1, 0.15) is 0 Å². The van der Waals surface area contributed by atoms with Crippen molar-refractivity contribution in [3.05, 3.63) is 39.9 Å². The lowest BCUT2D eigenvalue weighted by atomic mass is 9.94. The second-order valence-corrected chi connectivity index (χ2v) is 9.45. The van der Waals surface area contributed by atoms with Crippen molar-refractivity contribution in [1.82, 2.24) is 14.7 Å². The van der Waals surface area contributed by atoms with Crippen molar-refractivity contribution in [2.75, 3.05) is 52.4 Å². The standard InChI is InChI=1S/C23H31Cl2N3O5/c24-19-3-1-16(11-20(19)25)2-4-22(32)27-8-6-23(33)28(10-9-27)13-18(30)12-26-7-5-17(15-29)21(31)14-26/h1-4,11,17-18,21,29-31H,5-10,12-15H2/b4-2+/t17-,18-,21-/m0/s1. The van der Waals surface area contributed by atoms with E-state index < -0.39 is 12.2 Å². The van der Waals surface area contributed by atoms with E-state index in [1.165, 1.54) is 6.08 Å². The summed E-state index contributed by atoms with van der Waals surface area (Å²) in [6.45, 7) is 2.59. The second-order valence-electron chi connectivity index (χ2n) is 8.63. The summed E-state index contributed by atoms with van der Waals surface area (Å²) in [5.74, 6) is -0.423. The fourth-order valence-electron chi connectivity index (χ4n) is 4.20. The molecule has 2 aliphatic heterocycles. The maximum absolute atomic E-state index is 12.6. The molecule has 3 rings (SSSR count). The third-order valence-electron chi connectivity index (χ3n) is 6.20. The van der Waals surface area contributed by atoms with Gasteiger partial charge in [0.2, 0.25) is 11.8 Å². The lowest BCUT2D eigenvalue weighted by molar-refractivity contribution is -0.132. The van der Waals surface area contributed by atoms with Crippen LogP contribution in [0.4, 0.5) is 0 Å². The van der Waals surface area contributed by atoms with Crippen molar-refractivity contribution >= 4 is 41.1 Å². The molecule has 0 unspecified atom stereocenters. The minimum atomic E-state index is -0.761. The molecule has 0 saturated carbocycles. The van der Waals surface area contributed by atoms with Gasteiger partial charge in [-0.1, -0.05) is 29.3 Å². The van der Waals surface area contributed by atoms with Gasteiger partial charge >= 0.3 is 0 Å². The number of aliphatic hydroxyl groups is 3. The molecule has 3 atom stereocenters. The van der Waals surface area contributed by atoms with Gasteiger partial charge in [-0.2, -0.15) is 0 Å². The Morgan fingerprint density at radius 3 is 2.64 bits per heavy atom. The molecule has 0 bridgehead atoms. The summed E-state index contributed by atoms with van der Waals surface area (Å²) in [7, 11) is 0. The van der Waals surface area contributed by atoms with Crippen LogP contribution in [0.25, 0.3) is 6.08 Å². The summed E-state index contributed by atoms with van der Waals surface area (Å²) in [6, 6.07) is 5.10. The number of halogens is 2. The number of carbonyl (C=O) groups excluding carboxylic acids is 2. The third-order valence-corrected chi connectivity index (χ3v) is 6.94. The highest BCUT2D eigenvalue weighted by Gasteiger charge is 2.29. The van der Waals surface area contributed by atoms with Crippen LogP contribution in [0.5, 0.6) is 0 Å². The highest BCUT2D eigenvalue weighted by Crippen LogP contribution is 2.23. The third kappa shape index (κ3) is 7.40. The van der Waals surface area contributed by atoms with Crippen LogP contribution in [0.15, 0.2) is 24.3 Å². The van der Waals surface area contributed by atoms with Gasteiger partial charge in [0.05, 0.1) is 22.3 Å². The Balaban J connectivity index is 1.49. The van der Waals surface area contributed by atoms with Gasteiger partial charge in [0, 0.05) is 64.3 Å². The molecule has 0 aromatic heterocycles. The average Bonchev–Trinajstić information content (AvgIpc) is 2.96. The summed E-state index contributed by atoms with van der Waals surface area (Å²) in [5.41, 5.74) is 0.751. The summed E-state index contributed by atoms with van der Waals surface area (Å²) in [5, 5.41) is 30.7. The molecule has 2 fully saturated rings. The molecule has 0 radical (unpaired) electrons. The number of benzene rings is 1. The van der Waals surface area contributed by atoms with E-state index in [0.29, 0.717) is 55.7 Å². The van der Waals surface area contributed by atoms with E-state index in [1.54, 1.807) is 34.1 Å². The van der Waals surface area contributed by atoms with Gasteiger partial charge in [0.15, 0.2) is 0 Å². The Bertz CT molecular complexity index is 868. The topological polar surface area (TPSA) is 105 Å². The molecule has 1 aromatic carbocycles. The molecular formula is C23H31Cl2N3O5. The zero-order valence-corrected chi connectivity index (χ0v) is 20.0. The maximum atomic E-state index is 12.6. The van der Waals surface area contributed by atoms with Crippen LogP contribution < -0.4 is 0 Å². The predicted octanol–water partition coefficient (Wildman–Crippen LogP) is 1.10. The summed E-state index contributed by atoms with van der Waals surface area (Å²) in [6.07, 6.45) is 2.60. The van der Waals surface area contributed by atoms with E-state index >= 15 is 0 Å². The number of hydrogen-bond donors (Lipinski definition) is 3. The Kier molecular flexibility index (Phi) is 9.55. The normalized spacial score (nSPS) is 23.7. The Labute approximate surface area is 204 Å². The first-order chi connectivity index (χ1) is 15.8. The molecule has 8 nitrogen and oxygen atoms in total. The molecule has 3 N–H and O–H groups in total. The maximum Gasteiger partial charge on any atom is 0.246 e. The molecule has 2 saturated heterocycles. The molecule has 2 heterocycles. The van der Waals surface area contributed by atoms with Gasteiger partial charge in [-0.25, -0.2) is 0 Å². The number of β-amino-alcohol motifs (C(OH)–C–C–N with tert-alkyl or cyclic N) is 2. The largest absolute Gasteiger partial charge is 0.396 e. The number of aliphatic hydroxyl groups excluding tert-OH is 3. The number of nitrogens with zero attached hydrogens (tertiary/aromatic N) is 3. The number of carbonyl (C=O) groups is 2. The molecule has 0 aliphatic carbocycles. The number of rotatable bonds is 7. The fraction of sp³-hybridized carbons (Fsp3) is 0.565. The predicted molar refractivity (Wildman–Crippen MR) is 127 cm³/mol. The van der Waals surface area contributed by atoms with E-state index in [0.717, 1.165) is 5.56 Å². The number of piperidine rings is 1. The molecular weight excluding hydrogens is 469 g/mol. The van der Waals surface area contributed by atoms with Gasteiger partial charge in [-0.3, -0.25) is 14.5 Å². The SMILES string of the molecule is O=C(/C=C/c1ccc(Cl)c(Cl)c1)N1CCC(=O)N(C[C@@H](O)CN2CC[C@@H](CO)[C@@H](O)C2)CC1. The summed E-state index contributed by atoms with van der Waals surface area (Å²) in [4.78, 5) is 30.3. The Morgan fingerprint density at radius 2 is 1.94 bits per heavy atom. The molecule has 2 amide bonds. The average molecular weight is 500 g/mol. The molecule has 0 spiro atoms. The number of likely N-dealkylation sites (tertiary alicyclic amines) is 1. The Hall–Kier alpha value is -1.68. The molecule has 10 heteroatoms. The van der Waals surface area contributed by atoms with Crippen molar-refractivity contribution in [2.45, 2.75) is 25.0 Å². The molecule has 1 aromatic rings. The fourth-order valence-corrected chi connectivity index (χ4v) is 4.51. The first-order valence-corrected chi connectivity index (χ1v) is 11.9. The van der Waals surface area contributed by atoms with Gasteiger partial charge in [-0.15, -0.1) is 0 Å². The van der Waals surface area contributed by atoms with Gasteiger partial charge in [-0.05, 0) is 36.7 Å². The van der Waals surface area contributed by atoms with Crippen molar-refractivity contribution in [3.8, 4) is 0 Å². The summed E-state index contributed by atoms with van der Waals surface area (Å²) >= 11 is 11.9. The Morgan fingerprint density at radius 1 is 1.15 bits per heavy atom. The van der Waals surface area contributed by atoms with Gasteiger partial charge < -0.3 is 25.1 Å². The first-order valence-electron chi connectivity index (χ1n) is 11.2. The molecule has 33 heavy (non-hydrogen) atoms. The minimum Gasteiger partial charge on any atom is -0.396 e. The van der Waals surface area contributed by atoms with E-state index in [9.17, 15) is 24.9 Å². The van der Waals surface area contributed by atoms with Crippen LogP contribution in [0.2, 0.25) is 10.0 Å². The van der Waals surface area contributed by atoms with E-state index in [-0.39, 0.29) is 37.3 Å². The minimum absolute atomic E-state index is 0.0440. The lowest BCUT2D eigenvalue weighted by Crippen LogP contribution is -2.49. The zero-order valence-electron chi connectivity index (χ0n) is 18.4. The van der Waals surface area contributed by atoms with Crippen molar-refractivity contribution in [3.63, 3.8) is 0 Å². The highest BCUT2D eigenvalue weighted by molar-refractivity contribution is 6.42. The van der Waals surface area contributed by atoms with Crippen LogP contribution >= 0.6 is 23.2 Å². The van der Waals surface area contributed by atoms with E-state index in [2.05, 4.69) is 0 Å². The van der Waals surface area contributed by atoms with Crippen LogP contribution in [-0.4, -0.2) is 106 Å². The van der Waals surface area contributed by atoms with Crippen LogP contribution in [0.1, 0.15) is 18.4 Å². The van der Waals surface area contributed by atoms with E-state index in [4.69, 9.17) is 23.2 Å². The quantitative estimate of drug-likeness (QED) is 0.485. The molecule has 2 aliphatic rings.